The van der Waals surface area contributed by atoms with Gasteiger partial charge < -0.3 is 9.47 Å². The minimum atomic E-state index is 0.116. The van der Waals surface area contributed by atoms with Crippen molar-refractivity contribution in [3.8, 4) is 23.1 Å². The molecule has 2 heterocycles. The zero-order chi connectivity index (χ0) is 21.8. The highest BCUT2D eigenvalue weighted by Gasteiger charge is 2.17. The summed E-state index contributed by atoms with van der Waals surface area (Å²) >= 11 is 0. The highest BCUT2D eigenvalue weighted by molar-refractivity contribution is 5.94. The van der Waals surface area contributed by atoms with Crippen molar-refractivity contribution in [3.05, 3.63) is 59.2 Å². The summed E-state index contributed by atoms with van der Waals surface area (Å²) in [6.07, 6.45) is 1.91. The number of Topliss-reactive ketones (excluding diaryl/α,β-unsaturated/α-hetero) is 1. The van der Waals surface area contributed by atoms with Crippen LogP contribution in [0.4, 0.5) is 0 Å². The zero-order valence-electron chi connectivity index (χ0n) is 18.3. The van der Waals surface area contributed by atoms with Gasteiger partial charge in [0.15, 0.2) is 11.6 Å². The molecule has 0 atom stereocenters. The van der Waals surface area contributed by atoms with Crippen molar-refractivity contribution >= 4 is 5.78 Å². The predicted molar refractivity (Wildman–Crippen MR) is 119 cm³/mol. The van der Waals surface area contributed by atoms with Gasteiger partial charge in [-0.1, -0.05) is 29.4 Å². The van der Waals surface area contributed by atoms with Crippen molar-refractivity contribution in [1.29, 1.82) is 0 Å². The third kappa shape index (κ3) is 4.77. The molecule has 0 bridgehead atoms. The Morgan fingerprint density at radius 2 is 2.00 bits per heavy atom. The van der Waals surface area contributed by atoms with Crippen LogP contribution < -0.4 is 9.47 Å². The van der Waals surface area contributed by atoms with Crippen LogP contribution in [0.1, 0.15) is 34.8 Å². The molecule has 0 saturated carbocycles. The zero-order valence-corrected chi connectivity index (χ0v) is 18.3. The third-order valence-corrected chi connectivity index (χ3v) is 5.72. The largest absolute Gasteiger partial charge is 0.497 e. The fraction of sp³-hybridized carbons (Fsp3) is 0.375. The first-order valence-corrected chi connectivity index (χ1v) is 10.6. The van der Waals surface area contributed by atoms with E-state index < -0.39 is 0 Å². The van der Waals surface area contributed by atoms with E-state index in [2.05, 4.69) is 21.2 Å². The van der Waals surface area contributed by atoms with E-state index in [4.69, 9.17) is 9.47 Å². The van der Waals surface area contributed by atoms with Gasteiger partial charge in [0.05, 0.1) is 13.7 Å². The first kappa shape index (κ1) is 21.1. The summed E-state index contributed by atoms with van der Waals surface area (Å²) < 4.78 is 13.0. The van der Waals surface area contributed by atoms with Crippen molar-refractivity contribution < 1.29 is 14.3 Å². The molecular weight excluding hydrogens is 392 g/mol. The van der Waals surface area contributed by atoms with Crippen LogP contribution in [-0.4, -0.2) is 52.3 Å². The van der Waals surface area contributed by atoms with E-state index in [0.717, 1.165) is 55.2 Å². The second-order valence-electron chi connectivity index (χ2n) is 7.86. The van der Waals surface area contributed by atoms with Crippen molar-refractivity contribution in [2.24, 2.45) is 7.05 Å². The number of ether oxygens (including phenoxy) is 2. The molecule has 1 aliphatic rings. The normalized spacial score (nSPS) is 13.6. The predicted octanol–water partition coefficient (Wildman–Crippen LogP) is 3.52. The van der Waals surface area contributed by atoms with Gasteiger partial charge in [-0.05, 0) is 49.1 Å². The van der Waals surface area contributed by atoms with Gasteiger partial charge >= 0.3 is 6.01 Å². The molecule has 0 spiro atoms. The number of carbonyl (C=O) groups excluding carboxylic acids is 1. The number of rotatable bonds is 8. The summed E-state index contributed by atoms with van der Waals surface area (Å²) in [5, 5.41) is 8.46. The number of ketones is 1. The molecule has 7 nitrogen and oxygen atoms in total. The van der Waals surface area contributed by atoms with Gasteiger partial charge in [-0.3, -0.25) is 14.3 Å². The number of hydrogen-bond acceptors (Lipinski definition) is 6. The minimum absolute atomic E-state index is 0.116. The summed E-state index contributed by atoms with van der Waals surface area (Å²) in [6.45, 7) is 5.02. The van der Waals surface area contributed by atoms with Crippen LogP contribution in [0.5, 0.6) is 11.8 Å². The average Bonchev–Trinajstić information content (AvgIpc) is 3.16. The van der Waals surface area contributed by atoms with E-state index in [9.17, 15) is 4.79 Å². The number of fused-ring (bicyclic) bond motifs is 1. The molecular formula is C24H28N4O3. The topological polar surface area (TPSA) is 69.5 Å². The van der Waals surface area contributed by atoms with E-state index >= 15 is 0 Å². The van der Waals surface area contributed by atoms with Crippen LogP contribution in [0.3, 0.4) is 0 Å². The summed E-state index contributed by atoms with van der Waals surface area (Å²) in [6, 6.07) is 14.3. The third-order valence-electron chi connectivity index (χ3n) is 5.72. The maximum Gasteiger partial charge on any atom is 0.316 e. The Bertz CT molecular complexity index is 1080. The van der Waals surface area contributed by atoms with Crippen LogP contribution in [0.25, 0.3) is 11.4 Å². The number of benzene rings is 2. The lowest BCUT2D eigenvalue weighted by molar-refractivity contribution is 0.101. The molecule has 0 unspecified atom stereocenters. The molecule has 0 radical (unpaired) electrons. The molecule has 4 rings (SSSR count). The minimum Gasteiger partial charge on any atom is -0.497 e. The maximum atomic E-state index is 11.7. The van der Waals surface area contributed by atoms with Gasteiger partial charge in [0, 0.05) is 37.8 Å². The van der Waals surface area contributed by atoms with E-state index in [1.165, 1.54) is 11.1 Å². The van der Waals surface area contributed by atoms with Crippen molar-refractivity contribution in [2.45, 2.75) is 26.3 Å². The molecule has 0 fully saturated rings. The van der Waals surface area contributed by atoms with Crippen LogP contribution in [-0.2, 0) is 20.0 Å². The Morgan fingerprint density at radius 1 is 1.13 bits per heavy atom. The van der Waals surface area contributed by atoms with Crippen LogP contribution in [0.15, 0.2) is 42.5 Å². The number of carbonyl (C=O) groups is 1. The number of hydrogen-bond donors (Lipinski definition) is 0. The van der Waals surface area contributed by atoms with Crippen LogP contribution in [0, 0.1) is 0 Å². The molecule has 162 valence electrons. The van der Waals surface area contributed by atoms with Gasteiger partial charge in [-0.2, -0.15) is 0 Å². The second kappa shape index (κ2) is 9.31. The Labute approximate surface area is 182 Å². The molecule has 2 aromatic carbocycles. The SMILES string of the molecule is COc1cccc(-c2nnc(OCCCN3CCc4ccc(C(C)=O)cc4C3)n2C)c1. The Kier molecular flexibility index (Phi) is 6.32. The lowest BCUT2D eigenvalue weighted by Crippen LogP contribution is -2.32. The number of nitrogens with zero attached hydrogens (tertiary/aromatic N) is 4. The second-order valence-corrected chi connectivity index (χ2v) is 7.86. The standard InChI is InChI=1S/C24H28N4O3/c1-17(29)19-9-8-18-10-12-28(16-21(18)14-19)11-5-13-31-24-26-25-23(27(24)2)20-6-4-7-22(15-20)30-3/h4,6-9,14-15H,5,10-13,16H2,1-3H3. The van der Waals surface area contributed by atoms with E-state index in [1.54, 1.807) is 14.0 Å². The molecule has 1 aliphatic heterocycles. The average molecular weight is 421 g/mol. The molecule has 31 heavy (non-hydrogen) atoms. The molecule has 7 heteroatoms. The van der Waals surface area contributed by atoms with Crippen LogP contribution >= 0.6 is 0 Å². The van der Waals surface area contributed by atoms with Crippen molar-refractivity contribution in [3.63, 3.8) is 0 Å². The maximum absolute atomic E-state index is 11.7. The molecule has 1 aromatic heterocycles. The molecule has 0 N–H and O–H groups in total. The number of aromatic nitrogens is 3. The molecule has 0 amide bonds. The van der Waals surface area contributed by atoms with Gasteiger partial charge in [0.1, 0.15) is 5.75 Å². The summed E-state index contributed by atoms with van der Waals surface area (Å²) in [7, 11) is 3.55. The van der Waals surface area contributed by atoms with Crippen LogP contribution in [0.2, 0.25) is 0 Å². The lowest BCUT2D eigenvalue weighted by Gasteiger charge is -2.29. The first-order chi connectivity index (χ1) is 15.0. The molecule has 0 aliphatic carbocycles. The van der Waals surface area contributed by atoms with E-state index in [1.807, 2.05) is 48.0 Å². The Hall–Kier alpha value is -3.19. The first-order valence-electron chi connectivity index (χ1n) is 10.6. The highest BCUT2D eigenvalue weighted by atomic mass is 16.5. The van der Waals surface area contributed by atoms with E-state index in [-0.39, 0.29) is 5.78 Å². The molecule has 0 saturated heterocycles. The van der Waals surface area contributed by atoms with Gasteiger partial charge in [0.25, 0.3) is 0 Å². The lowest BCUT2D eigenvalue weighted by atomic mass is 9.96. The Balaban J connectivity index is 1.30. The fourth-order valence-electron chi connectivity index (χ4n) is 3.93. The van der Waals surface area contributed by atoms with Gasteiger partial charge in [0.2, 0.25) is 0 Å². The van der Waals surface area contributed by atoms with Gasteiger partial charge in [-0.15, -0.1) is 5.10 Å². The highest BCUT2D eigenvalue weighted by Crippen LogP contribution is 2.24. The summed E-state index contributed by atoms with van der Waals surface area (Å²) in [4.78, 5) is 14.1. The summed E-state index contributed by atoms with van der Waals surface area (Å²) in [5.41, 5.74) is 4.33. The van der Waals surface area contributed by atoms with Crippen molar-refractivity contribution in [1.82, 2.24) is 19.7 Å². The molecule has 3 aromatic rings. The Morgan fingerprint density at radius 3 is 2.81 bits per heavy atom. The van der Waals surface area contributed by atoms with E-state index in [0.29, 0.717) is 12.6 Å². The fourth-order valence-corrected chi connectivity index (χ4v) is 3.93. The van der Waals surface area contributed by atoms with Crippen molar-refractivity contribution in [2.75, 3.05) is 26.8 Å². The monoisotopic (exact) mass is 420 g/mol. The summed E-state index contributed by atoms with van der Waals surface area (Å²) in [5.74, 6) is 1.63. The smallest absolute Gasteiger partial charge is 0.316 e. The number of methoxy groups -OCH3 is 1. The quantitative estimate of drug-likeness (QED) is 0.410. The van der Waals surface area contributed by atoms with Gasteiger partial charge in [-0.25, -0.2) is 0 Å².